The first kappa shape index (κ1) is 10.1. The van der Waals surface area contributed by atoms with E-state index in [9.17, 15) is 4.79 Å². The lowest BCUT2D eigenvalue weighted by Crippen LogP contribution is -2.22. The molecule has 0 bridgehead atoms. The van der Waals surface area contributed by atoms with Crippen molar-refractivity contribution < 1.29 is 4.79 Å². The second kappa shape index (κ2) is 4.30. The number of nitrogens with zero attached hydrogens (tertiary/aromatic N) is 1. The summed E-state index contributed by atoms with van der Waals surface area (Å²) in [6.45, 7) is -0.00560. The summed E-state index contributed by atoms with van der Waals surface area (Å²) in [5.74, 6) is -0.0855. The molecule has 0 aromatic carbocycles. The summed E-state index contributed by atoms with van der Waals surface area (Å²) in [7, 11) is 0. The maximum Gasteiger partial charge on any atom is 0.236 e. The van der Waals surface area contributed by atoms with E-state index in [1.54, 1.807) is 0 Å². The molecule has 1 rings (SSSR count). The van der Waals surface area contributed by atoms with Gasteiger partial charge >= 0.3 is 0 Å². The molecule has 0 aliphatic carbocycles. The zero-order chi connectivity index (χ0) is 9.84. The molecule has 1 aromatic rings. The maximum absolute atomic E-state index is 10.4. The Morgan fingerprint density at radius 3 is 2.85 bits per heavy atom. The van der Waals surface area contributed by atoms with Crippen LogP contribution in [0.25, 0.3) is 0 Å². The molecular weight excluding hydrogens is 213 g/mol. The molecule has 0 aliphatic heterocycles. The highest BCUT2D eigenvalue weighted by molar-refractivity contribution is 6.35. The predicted molar refractivity (Wildman–Crippen MR) is 51.9 cm³/mol. The molecule has 13 heavy (non-hydrogen) atoms. The quantitative estimate of drug-likeness (QED) is 0.806. The normalized spacial score (nSPS) is 9.69. The fourth-order valence-corrected chi connectivity index (χ4v) is 1.16. The minimum Gasteiger partial charge on any atom is -0.368 e. The molecule has 3 N–H and O–H groups in total. The number of anilines is 1. The molecule has 4 nitrogen and oxygen atoms in total. The molecule has 6 heteroatoms. The Morgan fingerprint density at radius 1 is 1.62 bits per heavy atom. The van der Waals surface area contributed by atoms with Gasteiger partial charge in [-0.3, -0.25) is 4.79 Å². The predicted octanol–water partition coefficient (Wildman–Crippen LogP) is 1.29. The number of primary amides is 1. The standard InChI is InChI=1S/C7H7Cl2N3O/c8-4-1-5(9)7(11-2-4)12-3-6(10)13/h1-2H,3H2,(H2,10,13)(H,11,12). The number of carbonyl (C=O) groups is 1. The third kappa shape index (κ3) is 3.08. The van der Waals surface area contributed by atoms with Gasteiger partial charge in [0.25, 0.3) is 0 Å². The van der Waals surface area contributed by atoms with E-state index in [2.05, 4.69) is 10.3 Å². The number of hydrogen-bond acceptors (Lipinski definition) is 3. The summed E-state index contributed by atoms with van der Waals surface area (Å²) in [4.78, 5) is 14.3. The molecule has 1 aromatic heterocycles. The van der Waals surface area contributed by atoms with Crippen molar-refractivity contribution in [2.45, 2.75) is 0 Å². The van der Waals surface area contributed by atoms with Crippen molar-refractivity contribution in [2.24, 2.45) is 5.73 Å². The second-order valence-electron chi connectivity index (χ2n) is 2.30. The highest BCUT2D eigenvalue weighted by Gasteiger charge is 2.02. The minimum absolute atomic E-state index is 0.00560. The Labute approximate surface area is 85.0 Å². The smallest absolute Gasteiger partial charge is 0.236 e. The van der Waals surface area contributed by atoms with E-state index in [1.165, 1.54) is 12.3 Å². The van der Waals surface area contributed by atoms with Gasteiger partial charge in [-0.25, -0.2) is 4.98 Å². The topological polar surface area (TPSA) is 68.0 Å². The number of hydrogen-bond donors (Lipinski definition) is 2. The maximum atomic E-state index is 10.4. The van der Waals surface area contributed by atoms with Crippen molar-refractivity contribution in [1.82, 2.24) is 4.98 Å². The fourth-order valence-electron chi connectivity index (χ4n) is 0.715. The highest BCUT2D eigenvalue weighted by atomic mass is 35.5. The van der Waals surface area contributed by atoms with Gasteiger partial charge in [-0.2, -0.15) is 0 Å². The van der Waals surface area contributed by atoms with Crippen LogP contribution >= 0.6 is 23.2 Å². The molecule has 0 atom stereocenters. The SMILES string of the molecule is NC(=O)CNc1ncc(Cl)cc1Cl. The highest BCUT2D eigenvalue weighted by Crippen LogP contribution is 2.21. The van der Waals surface area contributed by atoms with Gasteiger partial charge in [-0.1, -0.05) is 23.2 Å². The number of carbonyl (C=O) groups excluding carboxylic acids is 1. The molecule has 0 radical (unpaired) electrons. The molecule has 0 saturated carbocycles. The average molecular weight is 220 g/mol. The molecule has 1 heterocycles. The van der Waals surface area contributed by atoms with E-state index in [0.29, 0.717) is 15.9 Å². The van der Waals surface area contributed by atoms with Gasteiger partial charge in [-0.15, -0.1) is 0 Å². The zero-order valence-electron chi connectivity index (χ0n) is 6.55. The van der Waals surface area contributed by atoms with Gasteiger partial charge in [-0.05, 0) is 6.07 Å². The first-order valence-corrected chi connectivity index (χ1v) is 4.18. The third-order valence-corrected chi connectivity index (χ3v) is 1.73. The average Bonchev–Trinajstić information content (AvgIpc) is 2.02. The fraction of sp³-hybridized carbons (Fsp3) is 0.143. The molecule has 0 aliphatic rings. The number of aromatic nitrogens is 1. The van der Waals surface area contributed by atoms with E-state index in [4.69, 9.17) is 28.9 Å². The molecule has 70 valence electrons. The Kier molecular flexibility index (Phi) is 3.33. The van der Waals surface area contributed by atoms with Crippen LogP contribution in [0.1, 0.15) is 0 Å². The van der Waals surface area contributed by atoms with Crippen molar-refractivity contribution in [3.63, 3.8) is 0 Å². The Morgan fingerprint density at radius 2 is 2.31 bits per heavy atom. The van der Waals surface area contributed by atoms with E-state index >= 15 is 0 Å². The summed E-state index contributed by atoms with van der Waals surface area (Å²) in [5, 5.41) is 3.46. The third-order valence-electron chi connectivity index (χ3n) is 1.24. The van der Waals surface area contributed by atoms with Crippen LogP contribution in [0.5, 0.6) is 0 Å². The van der Waals surface area contributed by atoms with Crippen molar-refractivity contribution in [2.75, 3.05) is 11.9 Å². The van der Waals surface area contributed by atoms with E-state index in [-0.39, 0.29) is 6.54 Å². The molecule has 0 saturated heterocycles. The Balaban J connectivity index is 2.72. The van der Waals surface area contributed by atoms with Crippen molar-refractivity contribution in [3.8, 4) is 0 Å². The second-order valence-corrected chi connectivity index (χ2v) is 3.15. The summed E-state index contributed by atoms with van der Waals surface area (Å²) in [6, 6.07) is 1.53. The van der Waals surface area contributed by atoms with Crippen LogP contribution in [-0.4, -0.2) is 17.4 Å². The monoisotopic (exact) mass is 219 g/mol. The summed E-state index contributed by atoms with van der Waals surface area (Å²) in [5.41, 5.74) is 4.92. The van der Waals surface area contributed by atoms with Crippen molar-refractivity contribution in [1.29, 1.82) is 0 Å². The van der Waals surface area contributed by atoms with Crippen LogP contribution in [0.2, 0.25) is 10.0 Å². The van der Waals surface area contributed by atoms with Crippen LogP contribution < -0.4 is 11.1 Å². The largest absolute Gasteiger partial charge is 0.368 e. The Hall–Kier alpha value is -1.000. The van der Waals surface area contributed by atoms with Gasteiger partial charge in [0.05, 0.1) is 16.6 Å². The number of pyridine rings is 1. The molecule has 0 unspecified atom stereocenters. The van der Waals surface area contributed by atoms with Crippen LogP contribution in [0.4, 0.5) is 5.82 Å². The Bertz CT molecular complexity index is 330. The lowest BCUT2D eigenvalue weighted by molar-refractivity contribution is -0.116. The van der Waals surface area contributed by atoms with Crippen LogP contribution in [0.3, 0.4) is 0 Å². The lowest BCUT2D eigenvalue weighted by atomic mass is 10.4. The summed E-state index contributed by atoms with van der Waals surface area (Å²) >= 11 is 11.4. The zero-order valence-corrected chi connectivity index (χ0v) is 8.06. The van der Waals surface area contributed by atoms with Gasteiger partial charge in [0.1, 0.15) is 5.82 Å². The van der Waals surface area contributed by atoms with Gasteiger partial charge in [0, 0.05) is 6.20 Å². The number of amides is 1. The number of halogens is 2. The number of nitrogens with one attached hydrogen (secondary N) is 1. The van der Waals surface area contributed by atoms with Crippen LogP contribution in [0.15, 0.2) is 12.3 Å². The first-order chi connectivity index (χ1) is 6.09. The summed E-state index contributed by atoms with van der Waals surface area (Å²) in [6.07, 6.45) is 1.43. The van der Waals surface area contributed by atoms with Crippen molar-refractivity contribution >= 4 is 34.9 Å². The van der Waals surface area contributed by atoms with Gasteiger partial charge in [0.2, 0.25) is 5.91 Å². The van der Waals surface area contributed by atoms with Crippen LogP contribution in [0, 0.1) is 0 Å². The number of rotatable bonds is 3. The minimum atomic E-state index is -0.479. The van der Waals surface area contributed by atoms with Gasteiger partial charge in [0.15, 0.2) is 0 Å². The van der Waals surface area contributed by atoms with Gasteiger partial charge < -0.3 is 11.1 Å². The molecular formula is C7H7Cl2N3O. The lowest BCUT2D eigenvalue weighted by Gasteiger charge is -2.04. The van der Waals surface area contributed by atoms with E-state index in [0.717, 1.165) is 0 Å². The molecule has 1 amide bonds. The number of nitrogens with two attached hydrogens (primary N) is 1. The van der Waals surface area contributed by atoms with Crippen LogP contribution in [-0.2, 0) is 4.79 Å². The first-order valence-electron chi connectivity index (χ1n) is 3.43. The van der Waals surface area contributed by atoms with E-state index < -0.39 is 5.91 Å². The molecule has 0 fully saturated rings. The molecule has 0 spiro atoms. The van der Waals surface area contributed by atoms with Crippen molar-refractivity contribution in [3.05, 3.63) is 22.3 Å². The summed E-state index contributed by atoms with van der Waals surface area (Å²) < 4.78 is 0. The van der Waals surface area contributed by atoms with E-state index in [1.807, 2.05) is 0 Å².